The van der Waals surface area contributed by atoms with E-state index in [0.717, 1.165) is 5.65 Å². The maximum absolute atomic E-state index is 11.5. The van der Waals surface area contributed by atoms with Gasteiger partial charge in [0.05, 0.1) is 6.20 Å². The molecule has 0 aliphatic carbocycles. The fourth-order valence-electron chi connectivity index (χ4n) is 1.29. The summed E-state index contributed by atoms with van der Waals surface area (Å²) in [6.45, 7) is 0.356. The molecule has 1 amide bonds. The van der Waals surface area contributed by atoms with Gasteiger partial charge in [-0.25, -0.2) is 4.52 Å². The minimum absolute atomic E-state index is 0.0734. The van der Waals surface area contributed by atoms with Crippen molar-refractivity contribution in [2.24, 2.45) is 0 Å². The molecule has 2 aromatic rings. The van der Waals surface area contributed by atoms with E-state index in [1.807, 2.05) is 23.0 Å². The minimum Gasteiger partial charge on any atom is -0.347 e. The van der Waals surface area contributed by atoms with Crippen LogP contribution in [0.5, 0.6) is 0 Å². The molecule has 2 heterocycles. The second-order valence-corrected chi connectivity index (χ2v) is 3.35. The van der Waals surface area contributed by atoms with Gasteiger partial charge >= 0.3 is 0 Å². The topological polar surface area (TPSA) is 42.5 Å². The monoisotopic (exact) mass is 192 g/mol. The number of likely N-dealkylation sites (N-methyl/N-ethyl adjacent to an activating group) is 1. The summed E-state index contributed by atoms with van der Waals surface area (Å²) >= 11 is 0. The van der Waals surface area contributed by atoms with E-state index in [0.29, 0.717) is 6.54 Å². The van der Waals surface area contributed by atoms with Crippen molar-refractivity contribution < 1.29 is 4.79 Å². The Labute approximate surface area is 81.5 Å². The van der Waals surface area contributed by atoms with Gasteiger partial charge in [0, 0.05) is 32.6 Å². The molecule has 0 atom stereocenters. The summed E-state index contributed by atoms with van der Waals surface area (Å²) in [6.07, 6.45) is 5.40. The van der Waals surface area contributed by atoms with Crippen LogP contribution in [0.3, 0.4) is 0 Å². The van der Waals surface area contributed by atoms with Gasteiger partial charge in [-0.3, -0.25) is 4.79 Å². The number of carbonyl (C=O) groups excluding carboxylic acids is 1. The van der Waals surface area contributed by atoms with Crippen LogP contribution in [-0.2, 0) is 11.3 Å². The van der Waals surface area contributed by atoms with Gasteiger partial charge in [-0.2, -0.15) is 5.10 Å². The van der Waals surface area contributed by atoms with E-state index in [4.69, 9.17) is 0 Å². The molecule has 0 radical (unpaired) electrons. The molecular weight excluding hydrogens is 180 g/mol. The Morgan fingerprint density at radius 1 is 1.50 bits per heavy atom. The molecule has 0 fully saturated rings. The normalized spacial score (nSPS) is 10.7. The van der Waals surface area contributed by atoms with Gasteiger partial charge in [0.15, 0.2) is 0 Å². The van der Waals surface area contributed by atoms with Gasteiger partial charge in [0.1, 0.15) is 12.2 Å². The van der Waals surface area contributed by atoms with Crippen molar-refractivity contribution in [1.29, 1.82) is 0 Å². The van der Waals surface area contributed by atoms with Gasteiger partial charge in [0.25, 0.3) is 0 Å². The van der Waals surface area contributed by atoms with Gasteiger partial charge < -0.3 is 9.47 Å². The standard InChI is InChI=1S/C9H12N4O/c1-11(2)9(14)7-12-5-6-13-8(12)3-4-10-13/h3-6H,7H2,1-2H3. The Bertz CT molecular complexity index is 454. The van der Waals surface area contributed by atoms with Crippen LogP contribution in [0.1, 0.15) is 0 Å². The number of imidazole rings is 1. The molecule has 0 aliphatic rings. The van der Waals surface area contributed by atoms with Crippen molar-refractivity contribution in [3.05, 3.63) is 24.7 Å². The molecule has 0 bridgehead atoms. The fourth-order valence-corrected chi connectivity index (χ4v) is 1.29. The molecule has 2 aromatic heterocycles. The van der Waals surface area contributed by atoms with Crippen LogP contribution in [0.25, 0.3) is 5.65 Å². The molecule has 5 nitrogen and oxygen atoms in total. The first kappa shape index (κ1) is 8.80. The smallest absolute Gasteiger partial charge is 0.242 e. The van der Waals surface area contributed by atoms with E-state index >= 15 is 0 Å². The van der Waals surface area contributed by atoms with Crippen LogP contribution < -0.4 is 0 Å². The Kier molecular flexibility index (Phi) is 1.99. The maximum atomic E-state index is 11.5. The first-order valence-corrected chi connectivity index (χ1v) is 4.37. The number of fused-ring (bicyclic) bond motifs is 1. The molecule has 5 heteroatoms. The van der Waals surface area contributed by atoms with Crippen LogP contribution in [0.15, 0.2) is 24.7 Å². The predicted octanol–water partition coefficient (Wildman–Crippen LogP) is 0.224. The lowest BCUT2D eigenvalue weighted by atomic mass is 10.5. The van der Waals surface area contributed by atoms with Crippen molar-refractivity contribution in [3.8, 4) is 0 Å². The molecule has 2 rings (SSSR count). The summed E-state index contributed by atoms with van der Waals surface area (Å²) in [5, 5.41) is 4.06. The summed E-state index contributed by atoms with van der Waals surface area (Å²) in [5.74, 6) is 0.0734. The molecule has 0 saturated carbocycles. The lowest BCUT2D eigenvalue weighted by Crippen LogP contribution is -2.25. The highest BCUT2D eigenvalue weighted by Gasteiger charge is 2.07. The molecule has 0 aromatic carbocycles. The Morgan fingerprint density at radius 2 is 2.29 bits per heavy atom. The van der Waals surface area contributed by atoms with Gasteiger partial charge in [0.2, 0.25) is 5.91 Å². The van der Waals surface area contributed by atoms with Crippen LogP contribution in [0.4, 0.5) is 0 Å². The number of amides is 1. The third-order valence-electron chi connectivity index (χ3n) is 2.14. The Balaban J connectivity index is 2.27. The number of hydrogen-bond donors (Lipinski definition) is 0. The highest BCUT2D eigenvalue weighted by molar-refractivity contribution is 5.76. The van der Waals surface area contributed by atoms with Crippen LogP contribution in [0.2, 0.25) is 0 Å². The summed E-state index contributed by atoms with van der Waals surface area (Å²) < 4.78 is 3.61. The second-order valence-electron chi connectivity index (χ2n) is 3.35. The lowest BCUT2D eigenvalue weighted by molar-refractivity contribution is -0.129. The molecule has 0 saturated heterocycles. The predicted molar refractivity (Wildman–Crippen MR) is 51.9 cm³/mol. The zero-order valence-corrected chi connectivity index (χ0v) is 8.21. The first-order chi connectivity index (χ1) is 6.68. The molecular formula is C9H12N4O. The molecule has 74 valence electrons. The second kappa shape index (κ2) is 3.17. The summed E-state index contributed by atoms with van der Waals surface area (Å²) in [6, 6.07) is 1.88. The third kappa shape index (κ3) is 1.37. The number of nitrogens with zero attached hydrogens (tertiary/aromatic N) is 4. The summed E-state index contributed by atoms with van der Waals surface area (Å²) in [5.41, 5.74) is 0.931. The van der Waals surface area contributed by atoms with Crippen molar-refractivity contribution >= 4 is 11.6 Å². The van der Waals surface area contributed by atoms with Crippen molar-refractivity contribution in [2.75, 3.05) is 14.1 Å². The van der Waals surface area contributed by atoms with Crippen molar-refractivity contribution in [2.45, 2.75) is 6.54 Å². The largest absolute Gasteiger partial charge is 0.347 e. The quantitative estimate of drug-likeness (QED) is 0.683. The van der Waals surface area contributed by atoms with Gasteiger partial charge in [-0.05, 0) is 0 Å². The zero-order valence-electron chi connectivity index (χ0n) is 8.21. The minimum atomic E-state index is 0.0734. The third-order valence-corrected chi connectivity index (χ3v) is 2.14. The number of hydrogen-bond acceptors (Lipinski definition) is 2. The van der Waals surface area contributed by atoms with Crippen molar-refractivity contribution in [1.82, 2.24) is 19.1 Å². The molecule has 0 N–H and O–H groups in total. The van der Waals surface area contributed by atoms with Gasteiger partial charge in [-0.1, -0.05) is 0 Å². The van der Waals surface area contributed by atoms with Crippen LogP contribution >= 0.6 is 0 Å². The highest BCUT2D eigenvalue weighted by atomic mass is 16.2. The van der Waals surface area contributed by atoms with E-state index < -0.39 is 0 Å². The van der Waals surface area contributed by atoms with Crippen molar-refractivity contribution in [3.63, 3.8) is 0 Å². The first-order valence-electron chi connectivity index (χ1n) is 4.37. The molecule has 0 unspecified atom stereocenters. The highest BCUT2D eigenvalue weighted by Crippen LogP contribution is 2.03. The average Bonchev–Trinajstić information content (AvgIpc) is 2.69. The fraction of sp³-hybridized carbons (Fsp3) is 0.333. The lowest BCUT2D eigenvalue weighted by Gasteiger charge is -2.10. The SMILES string of the molecule is CN(C)C(=O)Cn1ccn2nccc12. The van der Waals surface area contributed by atoms with E-state index in [-0.39, 0.29) is 5.91 Å². The van der Waals surface area contributed by atoms with E-state index in [1.54, 1.807) is 29.7 Å². The van der Waals surface area contributed by atoms with Crippen LogP contribution in [-0.4, -0.2) is 39.1 Å². The number of carbonyl (C=O) groups is 1. The Hall–Kier alpha value is -1.78. The van der Waals surface area contributed by atoms with E-state index in [9.17, 15) is 4.79 Å². The number of rotatable bonds is 2. The Morgan fingerprint density at radius 3 is 3.00 bits per heavy atom. The van der Waals surface area contributed by atoms with E-state index in [1.165, 1.54) is 0 Å². The maximum Gasteiger partial charge on any atom is 0.242 e. The molecule has 14 heavy (non-hydrogen) atoms. The van der Waals surface area contributed by atoms with Crippen LogP contribution in [0, 0.1) is 0 Å². The summed E-state index contributed by atoms with van der Waals surface area (Å²) in [4.78, 5) is 13.0. The summed E-state index contributed by atoms with van der Waals surface area (Å²) in [7, 11) is 3.50. The van der Waals surface area contributed by atoms with Gasteiger partial charge in [-0.15, -0.1) is 0 Å². The average molecular weight is 192 g/mol. The number of aromatic nitrogens is 3. The molecule has 0 aliphatic heterocycles. The molecule has 0 spiro atoms. The van der Waals surface area contributed by atoms with E-state index in [2.05, 4.69) is 5.10 Å². The zero-order chi connectivity index (χ0) is 10.1.